The monoisotopic (exact) mass is 295 g/mol. The van der Waals surface area contributed by atoms with Gasteiger partial charge in [0.1, 0.15) is 0 Å². The maximum atomic E-state index is 13.8. The molecule has 5 nitrogen and oxygen atoms in total. The van der Waals surface area contributed by atoms with Gasteiger partial charge in [-0.05, 0) is 32.4 Å². The molecule has 1 aromatic carbocycles. The quantitative estimate of drug-likeness (QED) is 0.924. The molecule has 1 aromatic rings. The first-order chi connectivity index (χ1) is 9.89. The molecule has 1 amide bonds. The van der Waals surface area contributed by atoms with E-state index in [4.69, 9.17) is 4.74 Å². The summed E-state index contributed by atoms with van der Waals surface area (Å²) in [6.45, 7) is 4.01. The van der Waals surface area contributed by atoms with Gasteiger partial charge in [-0.2, -0.15) is 0 Å². The third-order valence-electron chi connectivity index (χ3n) is 3.76. The van der Waals surface area contributed by atoms with E-state index in [-0.39, 0.29) is 24.5 Å². The van der Waals surface area contributed by atoms with E-state index in [1.807, 2.05) is 0 Å². The Morgan fingerprint density at radius 2 is 2.19 bits per heavy atom. The normalized spacial score (nSPS) is 21.4. The predicted molar refractivity (Wildman–Crippen MR) is 73.8 cm³/mol. The van der Waals surface area contributed by atoms with Gasteiger partial charge >= 0.3 is 5.97 Å². The molecule has 2 rings (SSSR count). The number of carboxylic acids is 1. The zero-order valence-corrected chi connectivity index (χ0v) is 12.1. The number of amides is 1. The van der Waals surface area contributed by atoms with Gasteiger partial charge in [-0.3, -0.25) is 9.59 Å². The zero-order chi connectivity index (χ0) is 15.6. The minimum atomic E-state index is -0.950. The zero-order valence-electron chi connectivity index (χ0n) is 12.1. The number of nitrogens with zero attached hydrogens (tertiary/aromatic N) is 1. The highest BCUT2D eigenvalue weighted by Crippen LogP contribution is 2.33. The summed E-state index contributed by atoms with van der Waals surface area (Å²) >= 11 is 0. The van der Waals surface area contributed by atoms with E-state index in [2.05, 4.69) is 0 Å². The molecular formula is C15H18FNO4. The van der Waals surface area contributed by atoms with Crippen LogP contribution in [0.15, 0.2) is 18.2 Å². The highest BCUT2D eigenvalue weighted by molar-refractivity contribution is 5.97. The Morgan fingerprint density at radius 3 is 2.76 bits per heavy atom. The van der Waals surface area contributed by atoms with Crippen LogP contribution in [-0.2, 0) is 4.79 Å². The second-order valence-electron chi connectivity index (χ2n) is 5.39. The number of hydrogen-bond acceptors (Lipinski definition) is 3. The van der Waals surface area contributed by atoms with Crippen LogP contribution in [0.4, 0.5) is 4.39 Å². The van der Waals surface area contributed by atoms with Gasteiger partial charge in [0.25, 0.3) is 5.91 Å². The Balaban J connectivity index is 2.26. The van der Waals surface area contributed by atoms with Crippen LogP contribution in [0.3, 0.4) is 0 Å². The molecule has 1 atom stereocenters. The molecule has 0 radical (unpaired) electrons. The number of benzene rings is 1. The summed E-state index contributed by atoms with van der Waals surface area (Å²) in [6, 6.07) is 4.16. The lowest BCUT2D eigenvalue weighted by molar-refractivity contribution is -0.147. The molecule has 1 unspecified atom stereocenters. The number of ether oxygens (including phenoxy) is 1. The summed E-state index contributed by atoms with van der Waals surface area (Å²) in [5.74, 6) is -2.00. The predicted octanol–water partition coefficient (Wildman–Crippen LogP) is 2.16. The van der Waals surface area contributed by atoms with Crippen LogP contribution in [0.25, 0.3) is 0 Å². The van der Waals surface area contributed by atoms with E-state index < -0.39 is 23.1 Å². The number of rotatable bonds is 4. The summed E-state index contributed by atoms with van der Waals surface area (Å²) in [5.41, 5.74) is -0.819. The Kier molecular flexibility index (Phi) is 4.16. The summed E-state index contributed by atoms with van der Waals surface area (Å²) in [6.07, 6.45) is 0.382. The van der Waals surface area contributed by atoms with Crippen molar-refractivity contribution in [3.05, 3.63) is 29.6 Å². The van der Waals surface area contributed by atoms with Crippen molar-refractivity contribution in [2.24, 2.45) is 5.41 Å². The maximum absolute atomic E-state index is 13.8. The minimum Gasteiger partial charge on any atom is -0.490 e. The van der Waals surface area contributed by atoms with Gasteiger partial charge < -0.3 is 14.7 Å². The van der Waals surface area contributed by atoms with Crippen LogP contribution in [0, 0.1) is 11.2 Å². The largest absolute Gasteiger partial charge is 0.490 e. The average molecular weight is 295 g/mol. The molecule has 0 saturated carbocycles. The van der Waals surface area contributed by atoms with Gasteiger partial charge in [0.05, 0.1) is 17.6 Å². The molecule has 1 aliphatic heterocycles. The van der Waals surface area contributed by atoms with E-state index in [1.165, 1.54) is 23.1 Å². The van der Waals surface area contributed by atoms with Crippen molar-refractivity contribution in [2.45, 2.75) is 20.3 Å². The van der Waals surface area contributed by atoms with Crippen molar-refractivity contribution in [1.82, 2.24) is 4.90 Å². The van der Waals surface area contributed by atoms with Crippen LogP contribution >= 0.6 is 0 Å². The lowest BCUT2D eigenvalue weighted by Gasteiger charge is -2.21. The van der Waals surface area contributed by atoms with Crippen molar-refractivity contribution >= 4 is 11.9 Å². The molecule has 1 saturated heterocycles. The number of aliphatic carboxylic acids is 1. The highest BCUT2D eigenvalue weighted by atomic mass is 19.1. The Morgan fingerprint density at radius 1 is 1.48 bits per heavy atom. The van der Waals surface area contributed by atoms with Crippen LogP contribution in [0.1, 0.15) is 30.6 Å². The number of carboxylic acid groups (broad SMARTS) is 1. The number of likely N-dealkylation sites (tertiary alicyclic amines) is 1. The Hall–Kier alpha value is -2.11. The molecule has 0 aliphatic carbocycles. The molecule has 1 aliphatic rings. The van der Waals surface area contributed by atoms with Crippen molar-refractivity contribution in [3.8, 4) is 5.75 Å². The van der Waals surface area contributed by atoms with Gasteiger partial charge in [-0.25, -0.2) is 4.39 Å². The first-order valence-electron chi connectivity index (χ1n) is 6.83. The minimum absolute atomic E-state index is 0.0751. The average Bonchev–Trinajstić information content (AvgIpc) is 2.84. The number of halogens is 1. The molecule has 0 aromatic heterocycles. The molecule has 1 fully saturated rings. The fourth-order valence-corrected chi connectivity index (χ4v) is 2.45. The third kappa shape index (κ3) is 2.84. The highest BCUT2D eigenvalue weighted by Gasteiger charge is 2.42. The van der Waals surface area contributed by atoms with Crippen LogP contribution in [0.5, 0.6) is 5.75 Å². The van der Waals surface area contributed by atoms with E-state index in [1.54, 1.807) is 13.8 Å². The van der Waals surface area contributed by atoms with Crippen LogP contribution < -0.4 is 4.74 Å². The summed E-state index contributed by atoms with van der Waals surface area (Å²) in [4.78, 5) is 25.2. The molecule has 6 heteroatoms. The summed E-state index contributed by atoms with van der Waals surface area (Å²) in [5, 5.41) is 9.20. The first-order valence-corrected chi connectivity index (χ1v) is 6.83. The van der Waals surface area contributed by atoms with Gasteiger partial charge in [0.15, 0.2) is 11.6 Å². The smallest absolute Gasteiger partial charge is 0.311 e. The lowest BCUT2D eigenvalue weighted by atomic mass is 9.90. The Bertz CT molecular complexity index is 575. The first kappa shape index (κ1) is 15.3. The molecule has 1 heterocycles. The van der Waals surface area contributed by atoms with Crippen molar-refractivity contribution in [2.75, 3.05) is 19.7 Å². The lowest BCUT2D eigenvalue weighted by Crippen LogP contribution is -2.35. The van der Waals surface area contributed by atoms with Crippen molar-refractivity contribution in [1.29, 1.82) is 0 Å². The van der Waals surface area contributed by atoms with E-state index in [0.29, 0.717) is 13.0 Å². The molecule has 114 valence electrons. The fraction of sp³-hybridized carbons (Fsp3) is 0.467. The SMILES string of the molecule is CCOc1c(F)cccc1C(=O)N1CCC(C)(C(=O)O)C1. The molecular weight excluding hydrogens is 277 g/mol. The molecule has 0 bridgehead atoms. The Labute approximate surface area is 122 Å². The number of carbonyl (C=O) groups is 2. The number of carbonyl (C=O) groups excluding carboxylic acids is 1. The van der Waals surface area contributed by atoms with E-state index in [9.17, 15) is 19.1 Å². The molecule has 0 spiro atoms. The van der Waals surface area contributed by atoms with Crippen LogP contribution in [-0.4, -0.2) is 41.6 Å². The topological polar surface area (TPSA) is 66.8 Å². The second-order valence-corrected chi connectivity index (χ2v) is 5.39. The maximum Gasteiger partial charge on any atom is 0.311 e. The van der Waals surface area contributed by atoms with E-state index in [0.717, 1.165) is 0 Å². The van der Waals surface area contributed by atoms with Crippen LogP contribution in [0.2, 0.25) is 0 Å². The van der Waals surface area contributed by atoms with Crippen molar-refractivity contribution < 1.29 is 23.8 Å². The van der Waals surface area contributed by atoms with Gasteiger partial charge in [0, 0.05) is 13.1 Å². The molecule has 1 N–H and O–H groups in total. The third-order valence-corrected chi connectivity index (χ3v) is 3.76. The molecule has 21 heavy (non-hydrogen) atoms. The summed E-state index contributed by atoms with van der Waals surface area (Å²) < 4.78 is 19.0. The van der Waals surface area contributed by atoms with Gasteiger partial charge in [0.2, 0.25) is 0 Å². The van der Waals surface area contributed by atoms with E-state index >= 15 is 0 Å². The number of para-hydroxylation sites is 1. The number of hydrogen-bond donors (Lipinski definition) is 1. The standard InChI is InChI=1S/C15H18FNO4/c1-3-21-12-10(5-4-6-11(12)16)13(18)17-8-7-15(2,9-17)14(19)20/h4-6H,3,7-9H2,1-2H3,(H,19,20). The fourth-order valence-electron chi connectivity index (χ4n) is 2.45. The summed E-state index contributed by atoms with van der Waals surface area (Å²) in [7, 11) is 0. The van der Waals surface area contributed by atoms with Gasteiger partial charge in [-0.1, -0.05) is 6.07 Å². The van der Waals surface area contributed by atoms with Gasteiger partial charge in [-0.15, -0.1) is 0 Å². The van der Waals surface area contributed by atoms with Crippen molar-refractivity contribution in [3.63, 3.8) is 0 Å². The second kappa shape index (κ2) is 5.71.